The topological polar surface area (TPSA) is 149 Å². The van der Waals surface area contributed by atoms with Gasteiger partial charge >= 0.3 is 0 Å². The molecule has 55 heavy (non-hydrogen) atoms. The number of aliphatic hydroxyl groups excluding tert-OH is 5. The number of hydrogen-bond acceptors (Lipinski definition) is 8. The zero-order chi connectivity index (χ0) is 40.2. The molecule has 9 nitrogen and oxygen atoms in total. The Labute approximate surface area is 336 Å². The summed E-state index contributed by atoms with van der Waals surface area (Å²) in [6.45, 7) is 3.74. The van der Waals surface area contributed by atoms with Gasteiger partial charge in [0.25, 0.3) is 0 Å². The summed E-state index contributed by atoms with van der Waals surface area (Å²) in [5.41, 5.74) is 0. The van der Waals surface area contributed by atoms with Crippen molar-refractivity contribution in [2.75, 3.05) is 13.2 Å². The summed E-state index contributed by atoms with van der Waals surface area (Å²) in [5, 5.41) is 54.1. The molecule has 0 aromatic heterocycles. The van der Waals surface area contributed by atoms with E-state index in [1.54, 1.807) is 6.08 Å². The molecule has 6 N–H and O–H groups in total. The van der Waals surface area contributed by atoms with Gasteiger partial charge in [-0.25, -0.2) is 0 Å². The van der Waals surface area contributed by atoms with E-state index in [9.17, 15) is 30.3 Å². The molecular formula is C46H85NO8. The molecule has 1 aliphatic heterocycles. The molecule has 7 unspecified atom stereocenters. The number of aliphatic hydroxyl groups is 5. The molecule has 1 fully saturated rings. The predicted octanol–water partition coefficient (Wildman–Crippen LogP) is 9.28. The van der Waals surface area contributed by atoms with E-state index in [2.05, 4.69) is 43.5 Å². The van der Waals surface area contributed by atoms with Gasteiger partial charge in [0, 0.05) is 6.42 Å². The first-order chi connectivity index (χ1) is 26.8. The highest BCUT2D eigenvalue weighted by Gasteiger charge is 2.44. The molecule has 1 rings (SSSR count). The van der Waals surface area contributed by atoms with Gasteiger partial charge < -0.3 is 40.3 Å². The molecule has 1 aliphatic rings. The quantitative estimate of drug-likeness (QED) is 0.0270. The molecule has 0 saturated carbocycles. The highest BCUT2D eigenvalue weighted by molar-refractivity contribution is 5.76. The van der Waals surface area contributed by atoms with Crippen LogP contribution in [0.25, 0.3) is 0 Å². The maximum absolute atomic E-state index is 12.9. The molecule has 322 valence electrons. The van der Waals surface area contributed by atoms with Crippen molar-refractivity contribution >= 4 is 5.91 Å². The minimum atomic E-state index is -1.57. The van der Waals surface area contributed by atoms with Crippen molar-refractivity contribution in [3.63, 3.8) is 0 Å². The van der Waals surface area contributed by atoms with E-state index in [-0.39, 0.29) is 12.5 Å². The summed E-state index contributed by atoms with van der Waals surface area (Å²) < 4.78 is 11.2. The van der Waals surface area contributed by atoms with Crippen molar-refractivity contribution in [3.8, 4) is 0 Å². The van der Waals surface area contributed by atoms with Crippen molar-refractivity contribution in [3.05, 3.63) is 36.5 Å². The van der Waals surface area contributed by atoms with Gasteiger partial charge in [0.2, 0.25) is 5.91 Å². The van der Waals surface area contributed by atoms with Gasteiger partial charge in [-0.2, -0.15) is 0 Å². The van der Waals surface area contributed by atoms with Crippen molar-refractivity contribution < 1.29 is 39.8 Å². The van der Waals surface area contributed by atoms with E-state index in [1.165, 1.54) is 128 Å². The molecular weight excluding hydrogens is 695 g/mol. The van der Waals surface area contributed by atoms with Crippen LogP contribution in [0.3, 0.4) is 0 Å². The Morgan fingerprint density at radius 1 is 0.600 bits per heavy atom. The fourth-order valence-electron chi connectivity index (χ4n) is 7.01. The van der Waals surface area contributed by atoms with Crippen LogP contribution in [0.15, 0.2) is 36.5 Å². The highest BCUT2D eigenvalue weighted by Crippen LogP contribution is 2.22. The van der Waals surface area contributed by atoms with Gasteiger partial charge in [0.1, 0.15) is 24.4 Å². The smallest absolute Gasteiger partial charge is 0.220 e. The van der Waals surface area contributed by atoms with Crippen LogP contribution in [0.1, 0.15) is 194 Å². The fourth-order valence-corrected chi connectivity index (χ4v) is 7.01. The second-order valence-electron chi connectivity index (χ2n) is 15.8. The van der Waals surface area contributed by atoms with Gasteiger partial charge in [-0.15, -0.1) is 0 Å². The lowest BCUT2D eigenvalue weighted by molar-refractivity contribution is -0.302. The summed E-state index contributed by atoms with van der Waals surface area (Å²) in [6, 6.07) is -0.823. The Kier molecular flexibility index (Phi) is 34.3. The highest BCUT2D eigenvalue weighted by atomic mass is 16.7. The molecule has 0 aromatic carbocycles. The van der Waals surface area contributed by atoms with Gasteiger partial charge in [0.15, 0.2) is 6.29 Å². The molecule has 1 amide bonds. The second kappa shape index (κ2) is 36.7. The molecule has 0 aliphatic carbocycles. The Balaban J connectivity index is 2.41. The third-order valence-corrected chi connectivity index (χ3v) is 10.7. The van der Waals surface area contributed by atoms with Crippen molar-refractivity contribution in [1.82, 2.24) is 5.32 Å². The summed E-state index contributed by atoms with van der Waals surface area (Å²) in [6.07, 6.45) is 37.6. The number of ether oxygens (including phenoxy) is 2. The zero-order valence-electron chi connectivity index (χ0n) is 35.2. The normalized spacial score (nSPS) is 21.6. The molecule has 0 spiro atoms. The Bertz CT molecular complexity index is 956. The monoisotopic (exact) mass is 780 g/mol. The molecule has 0 bridgehead atoms. The first-order valence-corrected chi connectivity index (χ1v) is 22.7. The minimum absolute atomic E-state index is 0.191. The van der Waals surface area contributed by atoms with E-state index >= 15 is 0 Å². The molecule has 1 saturated heterocycles. The second-order valence-corrected chi connectivity index (χ2v) is 15.8. The van der Waals surface area contributed by atoms with E-state index in [0.29, 0.717) is 6.42 Å². The van der Waals surface area contributed by atoms with Crippen LogP contribution < -0.4 is 5.32 Å². The molecule has 7 atom stereocenters. The van der Waals surface area contributed by atoms with Crippen LogP contribution in [-0.2, 0) is 14.3 Å². The average Bonchev–Trinajstić information content (AvgIpc) is 3.18. The van der Waals surface area contributed by atoms with Crippen LogP contribution in [0.5, 0.6) is 0 Å². The first-order valence-electron chi connectivity index (χ1n) is 22.7. The number of allylic oxidation sites excluding steroid dienone is 5. The lowest BCUT2D eigenvalue weighted by atomic mass is 9.99. The Morgan fingerprint density at radius 2 is 1.04 bits per heavy atom. The average molecular weight is 780 g/mol. The first kappa shape index (κ1) is 51.4. The van der Waals surface area contributed by atoms with Crippen molar-refractivity contribution in [2.45, 2.75) is 236 Å². The zero-order valence-corrected chi connectivity index (χ0v) is 35.2. The van der Waals surface area contributed by atoms with E-state index < -0.39 is 49.5 Å². The fraction of sp³-hybridized carbons (Fsp3) is 0.848. The number of amides is 1. The third-order valence-electron chi connectivity index (χ3n) is 10.7. The molecule has 0 aromatic rings. The van der Waals surface area contributed by atoms with Crippen molar-refractivity contribution in [1.29, 1.82) is 0 Å². The number of unbranched alkanes of at least 4 members (excludes halogenated alkanes) is 23. The lowest BCUT2D eigenvalue weighted by Gasteiger charge is -2.40. The number of hydrogen-bond donors (Lipinski definition) is 6. The van der Waals surface area contributed by atoms with Gasteiger partial charge in [-0.3, -0.25) is 4.79 Å². The van der Waals surface area contributed by atoms with Crippen LogP contribution in [-0.4, -0.2) is 87.5 Å². The minimum Gasteiger partial charge on any atom is -0.394 e. The van der Waals surface area contributed by atoms with Crippen LogP contribution >= 0.6 is 0 Å². The molecule has 1 heterocycles. The predicted molar refractivity (Wildman–Crippen MR) is 226 cm³/mol. The van der Waals surface area contributed by atoms with E-state index in [4.69, 9.17) is 9.47 Å². The largest absolute Gasteiger partial charge is 0.394 e. The SMILES string of the molecule is CCCCCCCCCC/C=C/CC/C=C/CC/C=C/C(O)C(COC1OC(CO)C(O)C(O)C1O)NC(=O)CCCCCCCCCCCCCCCC. The Hall–Kier alpha value is -1.59. The summed E-state index contributed by atoms with van der Waals surface area (Å²) in [5.74, 6) is -0.191. The van der Waals surface area contributed by atoms with E-state index in [1.807, 2.05) is 6.08 Å². The Morgan fingerprint density at radius 3 is 1.53 bits per heavy atom. The van der Waals surface area contributed by atoms with Gasteiger partial charge in [0.05, 0.1) is 25.4 Å². The number of carbonyl (C=O) groups is 1. The van der Waals surface area contributed by atoms with Crippen LogP contribution in [0, 0.1) is 0 Å². The molecule has 9 heteroatoms. The third kappa shape index (κ3) is 27.6. The molecule has 0 radical (unpaired) electrons. The number of carbonyl (C=O) groups excluding carboxylic acids is 1. The van der Waals surface area contributed by atoms with E-state index in [0.717, 1.165) is 44.9 Å². The van der Waals surface area contributed by atoms with Gasteiger partial charge in [-0.05, 0) is 44.9 Å². The maximum Gasteiger partial charge on any atom is 0.220 e. The summed E-state index contributed by atoms with van der Waals surface area (Å²) in [7, 11) is 0. The van der Waals surface area contributed by atoms with Crippen LogP contribution in [0.4, 0.5) is 0 Å². The summed E-state index contributed by atoms with van der Waals surface area (Å²) >= 11 is 0. The van der Waals surface area contributed by atoms with Crippen LogP contribution in [0.2, 0.25) is 0 Å². The standard InChI is InChI=1S/C46H85NO8/c1-3-5-7-9-11-13-15-17-19-20-21-22-23-25-27-29-31-33-35-40(49)39(38-54-46-45(53)44(52)43(51)41(37-48)55-46)47-42(50)36-34-32-30-28-26-24-18-16-14-12-10-8-6-4-2/h20-21,25,27,33,35,39-41,43-46,48-49,51-53H,3-19,22-24,26,28-32,34,36-38H2,1-2H3,(H,47,50)/b21-20+,27-25+,35-33+. The summed E-state index contributed by atoms with van der Waals surface area (Å²) in [4.78, 5) is 12.9. The van der Waals surface area contributed by atoms with Crippen molar-refractivity contribution in [2.24, 2.45) is 0 Å². The number of nitrogens with one attached hydrogen (secondary N) is 1. The lowest BCUT2D eigenvalue weighted by Crippen LogP contribution is -2.60. The number of rotatable bonds is 37. The van der Waals surface area contributed by atoms with Gasteiger partial charge in [-0.1, -0.05) is 179 Å². The maximum atomic E-state index is 12.9.